The van der Waals surface area contributed by atoms with Crippen LogP contribution >= 0.6 is 0 Å². The second-order valence-electron chi connectivity index (χ2n) is 11.8. The third-order valence-electron chi connectivity index (χ3n) is 8.92. The molecule has 0 atom stereocenters. The van der Waals surface area contributed by atoms with Crippen LogP contribution in [0.1, 0.15) is 0 Å². The van der Waals surface area contributed by atoms with E-state index in [2.05, 4.69) is 133 Å². The SMILES string of the molecule is c1ccc(-c2cc(-c3ccc(-c4ccc(-c5ccc6c(c5)Oc5cccc7cccc-6c57)cc4)cc3)nc(-c3ccccc3)n2)cc1. The molecular formula is C44H28N2O. The van der Waals surface area contributed by atoms with Gasteiger partial charge in [-0.25, -0.2) is 9.97 Å². The first kappa shape index (κ1) is 27.0. The Morgan fingerprint density at radius 1 is 0.340 bits per heavy atom. The van der Waals surface area contributed by atoms with Crippen molar-refractivity contribution in [1.29, 1.82) is 0 Å². The van der Waals surface area contributed by atoms with E-state index >= 15 is 0 Å². The van der Waals surface area contributed by atoms with Gasteiger partial charge in [-0.1, -0.05) is 146 Å². The van der Waals surface area contributed by atoms with Gasteiger partial charge in [0.15, 0.2) is 5.82 Å². The molecule has 9 rings (SSSR count). The summed E-state index contributed by atoms with van der Waals surface area (Å²) in [5, 5.41) is 2.38. The second-order valence-corrected chi connectivity index (χ2v) is 11.8. The van der Waals surface area contributed by atoms with Crippen LogP contribution in [0.3, 0.4) is 0 Å². The van der Waals surface area contributed by atoms with Gasteiger partial charge < -0.3 is 4.74 Å². The number of hydrogen-bond acceptors (Lipinski definition) is 3. The zero-order valence-electron chi connectivity index (χ0n) is 25.5. The van der Waals surface area contributed by atoms with E-state index in [0.717, 1.165) is 73.2 Å². The Hall–Kier alpha value is -6.32. The van der Waals surface area contributed by atoms with Crippen molar-refractivity contribution in [3.8, 4) is 78.8 Å². The van der Waals surface area contributed by atoms with E-state index in [0.29, 0.717) is 0 Å². The van der Waals surface area contributed by atoms with Crippen LogP contribution in [0.4, 0.5) is 0 Å². The first-order chi connectivity index (χ1) is 23.3. The lowest BCUT2D eigenvalue weighted by molar-refractivity contribution is 0.487. The van der Waals surface area contributed by atoms with E-state index in [1.54, 1.807) is 0 Å². The summed E-state index contributed by atoms with van der Waals surface area (Å²) in [6.45, 7) is 0. The molecule has 0 saturated carbocycles. The summed E-state index contributed by atoms with van der Waals surface area (Å²) in [6, 6.07) is 59.1. The number of aromatic nitrogens is 2. The highest BCUT2D eigenvalue weighted by atomic mass is 16.5. The number of rotatable bonds is 5. The van der Waals surface area contributed by atoms with Gasteiger partial charge in [0.05, 0.1) is 11.4 Å². The lowest BCUT2D eigenvalue weighted by Gasteiger charge is -2.22. The molecule has 0 amide bonds. The fourth-order valence-electron chi connectivity index (χ4n) is 6.50. The minimum absolute atomic E-state index is 0.718. The van der Waals surface area contributed by atoms with Gasteiger partial charge in [0.1, 0.15) is 11.5 Å². The van der Waals surface area contributed by atoms with Crippen LogP contribution < -0.4 is 4.74 Å². The van der Waals surface area contributed by atoms with Gasteiger partial charge in [0, 0.05) is 27.6 Å². The average molecular weight is 601 g/mol. The topological polar surface area (TPSA) is 35.0 Å². The molecule has 220 valence electrons. The standard InChI is InChI=1S/C44H28N2O/c1-3-9-32(10-4-1)39-28-40(46-44(45-39)35-11-5-2-6-12-35)33-23-21-30(22-24-33)29-17-19-31(20-18-29)36-25-26-37-38-15-7-13-34-14-8-16-41(43(34)38)47-42(37)27-36/h1-28H. The fraction of sp³-hybridized carbons (Fsp3) is 0. The van der Waals surface area contributed by atoms with E-state index in [1.165, 1.54) is 16.3 Å². The summed E-state index contributed by atoms with van der Waals surface area (Å²) >= 11 is 0. The van der Waals surface area contributed by atoms with Crippen LogP contribution in [0.25, 0.3) is 78.1 Å². The molecular weight excluding hydrogens is 572 g/mol. The van der Waals surface area contributed by atoms with Gasteiger partial charge in [0.25, 0.3) is 0 Å². The Balaban J connectivity index is 1.01. The predicted octanol–water partition coefficient (Wildman–Crippen LogP) is 11.7. The van der Waals surface area contributed by atoms with Crippen molar-refractivity contribution in [3.63, 3.8) is 0 Å². The summed E-state index contributed by atoms with van der Waals surface area (Å²) in [6.07, 6.45) is 0. The number of benzene rings is 7. The Morgan fingerprint density at radius 2 is 0.872 bits per heavy atom. The molecule has 0 radical (unpaired) electrons. The third kappa shape index (κ3) is 4.95. The molecule has 0 aliphatic carbocycles. The summed E-state index contributed by atoms with van der Waals surface area (Å²) in [4.78, 5) is 9.90. The number of fused-ring (bicyclic) bond motifs is 2. The number of ether oxygens (including phenoxy) is 1. The minimum Gasteiger partial charge on any atom is -0.456 e. The van der Waals surface area contributed by atoms with E-state index in [1.807, 2.05) is 36.4 Å². The van der Waals surface area contributed by atoms with Crippen molar-refractivity contribution in [2.24, 2.45) is 0 Å². The smallest absolute Gasteiger partial charge is 0.160 e. The van der Waals surface area contributed by atoms with Gasteiger partial charge in [0.2, 0.25) is 0 Å². The molecule has 1 aromatic heterocycles. The molecule has 7 aromatic carbocycles. The molecule has 8 aromatic rings. The zero-order chi connectivity index (χ0) is 31.2. The van der Waals surface area contributed by atoms with Crippen LogP contribution in [0.2, 0.25) is 0 Å². The monoisotopic (exact) mass is 600 g/mol. The predicted molar refractivity (Wildman–Crippen MR) is 192 cm³/mol. The Kier molecular flexibility index (Phi) is 6.46. The fourth-order valence-corrected chi connectivity index (χ4v) is 6.50. The molecule has 0 spiro atoms. The molecule has 47 heavy (non-hydrogen) atoms. The van der Waals surface area contributed by atoms with Crippen molar-refractivity contribution in [3.05, 3.63) is 170 Å². The van der Waals surface area contributed by atoms with Crippen molar-refractivity contribution in [2.45, 2.75) is 0 Å². The lowest BCUT2D eigenvalue weighted by atomic mass is 9.92. The zero-order valence-corrected chi connectivity index (χ0v) is 25.5. The Bertz CT molecular complexity index is 2340. The maximum Gasteiger partial charge on any atom is 0.160 e. The third-order valence-corrected chi connectivity index (χ3v) is 8.92. The van der Waals surface area contributed by atoms with Crippen molar-refractivity contribution < 1.29 is 4.74 Å². The van der Waals surface area contributed by atoms with E-state index < -0.39 is 0 Å². The number of hydrogen-bond donors (Lipinski definition) is 0. The summed E-state index contributed by atoms with van der Waals surface area (Å²) in [5.41, 5.74) is 11.9. The molecule has 3 nitrogen and oxygen atoms in total. The Labute approximate surface area is 273 Å². The van der Waals surface area contributed by atoms with Crippen LogP contribution in [0, 0.1) is 0 Å². The molecule has 2 heterocycles. The Morgan fingerprint density at radius 3 is 1.53 bits per heavy atom. The van der Waals surface area contributed by atoms with Gasteiger partial charge in [-0.3, -0.25) is 0 Å². The molecule has 0 saturated heterocycles. The van der Waals surface area contributed by atoms with Gasteiger partial charge in [-0.05, 0) is 57.5 Å². The van der Waals surface area contributed by atoms with E-state index in [-0.39, 0.29) is 0 Å². The molecule has 1 aliphatic heterocycles. The molecule has 0 bridgehead atoms. The molecule has 3 heteroatoms. The van der Waals surface area contributed by atoms with E-state index in [4.69, 9.17) is 14.7 Å². The van der Waals surface area contributed by atoms with Gasteiger partial charge in [-0.15, -0.1) is 0 Å². The molecule has 1 aliphatic rings. The van der Waals surface area contributed by atoms with Crippen LogP contribution in [0.15, 0.2) is 170 Å². The lowest BCUT2D eigenvalue weighted by Crippen LogP contribution is -1.97. The normalized spacial score (nSPS) is 11.6. The average Bonchev–Trinajstić information content (AvgIpc) is 3.15. The highest BCUT2D eigenvalue weighted by molar-refractivity contribution is 6.04. The number of nitrogens with zero attached hydrogens (tertiary/aromatic N) is 2. The van der Waals surface area contributed by atoms with Crippen molar-refractivity contribution >= 4 is 10.8 Å². The summed E-state index contributed by atoms with van der Waals surface area (Å²) in [5.74, 6) is 2.52. The quantitative estimate of drug-likeness (QED) is 0.197. The molecule has 0 N–H and O–H groups in total. The highest BCUT2D eigenvalue weighted by Crippen LogP contribution is 2.47. The second kappa shape index (κ2) is 11.2. The molecule has 0 fully saturated rings. The maximum atomic E-state index is 6.41. The van der Waals surface area contributed by atoms with Gasteiger partial charge in [-0.2, -0.15) is 0 Å². The first-order valence-electron chi connectivity index (χ1n) is 15.8. The van der Waals surface area contributed by atoms with Crippen LogP contribution in [0.5, 0.6) is 11.5 Å². The van der Waals surface area contributed by atoms with Crippen molar-refractivity contribution in [1.82, 2.24) is 9.97 Å². The van der Waals surface area contributed by atoms with Gasteiger partial charge >= 0.3 is 0 Å². The summed E-state index contributed by atoms with van der Waals surface area (Å²) < 4.78 is 6.41. The van der Waals surface area contributed by atoms with Crippen LogP contribution in [-0.4, -0.2) is 9.97 Å². The largest absolute Gasteiger partial charge is 0.456 e. The first-order valence-corrected chi connectivity index (χ1v) is 15.8. The maximum absolute atomic E-state index is 6.41. The van der Waals surface area contributed by atoms with Crippen LogP contribution in [-0.2, 0) is 0 Å². The molecule has 0 unspecified atom stereocenters. The summed E-state index contributed by atoms with van der Waals surface area (Å²) in [7, 11) is 0. The highest BCUT2D eigenvalue weighted by Gasteiger charge is 2.20. The minimum atomic E-state index is 0.718. The van der Waals surface area contributed by atoms with E-state index in [9.17, 15) is 0 Å². The van der Waals surface area contributed by atoms with Crippen molar-refractivity contribution in [2.75, 3.05) is 0 Å².